The van der Waals surface area contributed by atoms with Crippen LogP contribution in [-0.2, 0) is 9.53 Å². The molecule has 0 saturated heterocycles. The van der Waals surface area contributed by atoms with Crippen LogP contribution < -0.4 is 5.73 Å². The minimum atomic E-state index is -0.282. The quantitative estimate of drug-likeness (QED) is 0.590. The van der Waals surface area contributed by atoms with Gasteiger partial charge in [-0.05, 0) is 13.3 Å². The molecule has 0 radical (unpaired) electrons. The number of carbonyl (C=O) groups excluding carboxylic acids is 1. The van der Waals surface area contributed by atoms with Crippen LogP contribution in [0.2, 0.25) is 0 Å². The Kier molecular flexibility index (Phi) is 6.14. The van der Waals surface area contributed by atoms with Crippen LogP contribution in [0.1, 0.15) is 39.1 Å². The molecule has 0 unspecified atom stereocenters. The Morgan fingerprint density at radius 2 is 2.22 bits per heavy atom. The van der Waals surface area contributed by atoms with E-state index >= 15 is 0 Å². The van der Waals surface area contributed by atoms with Crippen molar-refractivity contribution in [3.05, 3.63) is 5.89 Å². The third-order valence-electron chi connectivity index (χ3n) is 2.69. The number of hydrogen-bond donors (Lipinski definition) is 1. The molecular formula is C11H20N3O3S+. The van der Waals surface area contributed by atoms with Gasteiger partial charge in [0.25, 0.3) is 11.1 Å². The maximum atomic E-state index is 11.2. The summed E-state index contributed by atoms with van der Waals surface area (Å²) in [6, 6.07) is -0.0144. The van der Waals surface area contributed by atoms with Crippen molar-refractivity contribution in [3.63, 3.8) is 0 Å². The van der Waals surface area contributed by atoms with Crippen molar-refractivity contribution in [2.75, 3.05) is 12.4 Å². The van der Waals surface area contributed by atoms with Crippen LogP contribution in [0, 0.1) is 5.92 Å². The monoisotopic (exact) mass is 274 g/mol. The minimum absolute atomic E-state index is 0.0144. The molecule has 1 aromatic rings. The van der Waals surface area contributed by atoms with Crippen LogP contribution in [0.4, 0.5) is 0 Å². The van der Waals surface area contributed by atoms with E-state index in [-0.39, 0.29) is 17.8 Å². The number of hydrogen-bond acceptors (Lipinski definition) is 6. The van der Waals surface area contributed by atoms with Gasteiger partial charge in [0.2, 0.25) is 0 Å². The largest absolute Gasteiger partial charge is 0.465 e. The highest BCUT2D eigenvalue weighted by Crippen LogP contribution is 2.22. The van der Waals surface area contributed by atoms with E-state index in [0.717, 1.165) is 6.42 Å². The molecule has 7 heteroatoms. The van der Waals surface area contributed by atoms with Gasteiger partial charge in [-0.15, -0.1) is 10.2 Å². The van der Waals surface area contributed by atoms with Gasteiger partial charge in [-0.25, -0.2) is 0 Å². The number of nitrogens with zero attached hydrogens (tertiary/aromatic N) is 2. The Labute approximate surface area is 111 Å². The number of esters is 1. The summed E-state index contributed by atoms with van der Waals surface area (Å²) in [6.07, 6.45) is 1.00. The summed E-state index contributed by atoms with van der Waals surface area (Å²) in [7, 11) is 0. The van der Waals surface area contributed by atoms with Gasteiger partial charge >= 0.3 is 5.97 Å². The summed E-state index contributed by atoms with van der Waals surface area (Å²) in [6.45, 7) is 6.33. The summed E-state index contributed by atoms with van der Waals surface area (Å²) in [5, 5.41) is 8.23. The average molecular weight is 274 g/mol. The number of ether oxygens (including phenoxy) is 1. The summed E-state index contributed by atoms with van der Waals surface area (Å²) < 4.78 is 10.3. The normalized spacial score (nSPS) is 14.2. The first-order valence-corrected chi connectivity index (χ1v) is 7.01. The fourth-order valence-electron chi connectivity index (χ4n) is 1.28. The molecule has 0 aliphatic carbocycles. The molecule has 0 aliphatic rings. The number of aromatic nitrogens is 2. The smallest absolute Gasteiger partial charge is 0.316 e. The topological polar surface area (TPSA) is 92.9 Å². The lowest BCUT2D eigenvalue weighted by molar-refractivity contribution is -0.444. The Hall–Kier alpha value is -1.08. The molecule has 18 heavy (non-hydrogen) atoms. The van der Waals surface area contributed by atoms with Crippen molar-refractivity contribution in [1.82, 2.24) is 10.2 Å². The van der Waals surface area contributed by atoms with Crippen LogP contribution in [0.5, 0.6) is 0 Å². The minimum Gasteiger partial charge on any atom is -0.465 e. The first kappa shape index (κ1) is 15.0. The molecule has 0 amide bonds. The van der Waals surface area contributed by atoms with Crippen molar-refractivity contribution in [1.29, 1.82) is 0 Å². The zero-order chi connectivity index (χ0) is 13.5. The van der Waals surface area contributed by atoms with Crippen molar-refractivity contribution < 1.29 is 19.7 Å². The van der Waals surface area contributed by atoms with E-state index in [0.29, 0.717) is 23.6 Å². The highest BCUT2D eigenvalue weighted by Gasteiger charge is 2.23. The predicted octanol–water partition coefficient (Wildman–Crippen LogP) is 1.05. The second-order valence-electron chi connectivity index (χ2n) is 3.99. The van der Waals surface area contributed by atoms with Crippen LogP contribution in [0.15, 0.2) is 9.64 Å². The molecule has 6 nitrogen and oxygen atoms in total. The van der Waals surface area contributed by atoms with E-state index in [9.17, 15) is 4.79 Å². The predicted molar refractivity (Wildman–Crippen MR) is 66.7 cm³/mol. The van der Waals surface area contributed by atoms with Crippen molar-refractivity contribution >= 4 is 17.7 Å². The van der Waals surface area contributed by atoms with E-state index in [4.69, 9.17) is 9.15 Å². The van der Waals surface area contributed by atoms with Gasteiger partial charge in [-0.2, -0.15) is 0 Å². The standard InChI is InChI=1S/C11H19N3O3S/c1-4-7(3)9(12)10-13-14-11(17-10)18-6-8(15)16-5-2/h7,9H,4-6,12H2,1-3H3/p+1/t7-,9+/m1/s1. The third-order valence-corrected chi connectivity index (χ3v) is 3.48. The molecular weight excluding hydrogens is 254 g/mol. The van der Waals surface area contributed by atoms with Crippen molar-refractivity contribution in [2.45, 2.75) is 38.5 Å². The van der Waals surface area contributed by atoms with Gasteiger partial charge in [0.05, 0.1) is 6.61 Å². The second-order valence-corrected chi connectivity index (χ2v) is 4.92. The zero-order valence-corrected chi connectivity index (χ0v) is 11.8. The Morgan fingerprint density at radius 3 is 2.83 bits per heavy atom. The van der Waals surface area contributed by atoms with E-state index in [1.807, 2.05) is 0 Å². The number of rotatable bonds is 7. The fraction of sp³-hybridized carbons (Fsp3) is 0.727. The molecule has 0 bridgehead atoms. The molecule has 1 heterocycles. The lowest BCUT2D eigenvalue weighted by Gasteiger charge is -2.09. The first-order chi connectivity index (χ1) is 8.58. The van der Waals surface area contributed by atoms with Gasteiger partial charge < -0.3 is 14.9 Å². The molecule has 0 spiro atoms. The van der Waals surface area contributed by atoms with E-state index in [1.54, 1.807) is 6.92 Å². The molecule has 2 atom stereocenters. The zero-order valence-electron chi connectivity index (χ0n) is 11.0. The second kappa shape index (κ2) is 7.38. The highest BCUT2D eigenvalue weighted by atomic mass is 32.2. The maximum absolute atomic E-state index is 11.2. The van der Waals surface area contributed by atoms with Crippen LogP contribution in [-0.4, -0.2) is 28.5 Å². The molecule has 102 valence electrons. The lowest BCUT2D eigenvalue weighted by Crippen LogP contribution is -2.56. The summed E-state index contributed by atoms with van der Waals surface area (Å²) in [5.41, 5.74) is 4.02. The Bertz CT molecular complexity index is 383. The van der Waals surface area contributed by atoms with E-state index < -0.39 is 0 Å². The van der Waals surface area contributed by atoms with Gasteiger partial charge in [-0.3, -0.25) is 4.79 Å². The number of carbonyl (C=O) groups is 1. The van der Waals surface area contributed by atoms with Crippen molar-refractivity contribution in [2.24, 2.45) is 5.92 Å². The maximum Gasteiger partial charge on any atom is 0.316 e. The number of quaternary nitrogens is 1. The summed E-state index contributed by atoms with van der Waals surface area (Å²) in [5.74, 6) is 0.806. The summed E-state index contributed by atoms with van der Waals surface area (Å²) >= 11 is 1.18. The van der Waals surface area contributed by atoms with Crippen LogP contribution in [0.25, 0.3) is 0 Å². The van der Waals surface area contributed by atoms with Crippen LogP contribution >= 0.6 is 11.8 Å². The first-order valence-electron chi connectivity index (χ1n) is 6.03. The molecule has 0 aromatic carbocycles. The number of thioether (sulfide) groups is 1. The highest BCUT2D eigenvalue weighted by molar-refractivity contribution is 7.99. The lowest BCUT2D eigenvalue weighted by atomic mass is 10.0. The molecule has 0 aliphatic heterocycles. The third kappa shape index (κ3) is 4.30. The van der Waals surface area contributed by atoms with Gasteiger partial charge in [-0.1, -0.05) is 25.6 Å². The van der Waals surface area contributed by atoms with E-state index in [2.05, 4.69) is 29.8 Å². The molecule has 1 aromatic heterocycles. The van der Waals surface area contributed by atoms with Gasteiger partial charge in [0.15, 0.2) is 6.04 Å². The SMILES string of the molecule is CCOC(=O)CSc1nnc([C@@H]([NH3+])[C@H](C)CC)o1. The van der Waals surface area contributed by atoms with Crippen molar-refractivity contribution in [3.8, 4) is 0 Å². The molecule has 1 rings (SSSR count). The average Bonchev–Trinajstić information content (AvgIpc) is 2.83. The molecule has 3 N–H and O–H groups in total. The van der Waals surface area contributed by atoms with Gasteiger partial charge in [0, 0.05) is 5.92 Å². The fourth-order valence-corrected chi connectivity index (χ4v) is 1.85. The molecule has 0 saturated carbocycles. The van der Waals surface area contributed by atoms with Gasteiger partial charge in [0.1, 0.15) is 5.75 Å². The molecule has 0 fully saturated rings. The Balaban J connectivity index is 2.50. The Morgan fingerprint density at radius 1 is 1.50 bits per heavy atom. The van der Waals surface area contributed by atoms with E-state index in [1.165, 1.54) is 11.8 Å². The van der Waals surface area contributed by atoms with Crippen LogP contribution in [0.3, 0.4) is 0 Å². The summed E-state index contributed by atoms with van der Waals surface area (Å²) in [4.78, 5) is 11.2.